The number of carbonyl (C=O) groups is 1. The van der Waals surface area contributed by atoms with E-state index in [1.54, 1.807) is 26.1 Å². The third kappa shape index (κ3) is 4.01. The van der Waals surface area contributed by atoms with Gasteiger partial charge in [0.25, 0.3) is 0 Å². The van der Waals surface area contributed by atoms with E-state index in [1.165, 1.54) is 0 Å². The van der Waals surface area contributed by atoms with Crippen LogP contribution in [0.2, 0.25) is 0 Å². The zero-order valence-electron chi connectivity index (χ0n) is 10.6. The Morgan fingerprint density at radius 2 is 2.12 bits per heavy atom. The number of hydrogen-bond donors (Lipinski definition) is 0. The molecule has 0 spiro atoms. The molecule has 0 aliphatic carbocycles. The van der Waals surface area contributed by atoms with Crippen LogP contribution in [0.5, 0.6) is 5.88 Å². The third-order valence-corrected chi connectivity index (χ3v) is 2.08. The van der Waals surface area contributed by atoms with Crippen molar-refractivity contribution >= 4 is 5.97 Å². The van der Waals surface area contributed by atoms with E-state index >= 15 is 0 Å². The number of rotatable bonds is 5. The highest BCUT2D eigenvalue weighted by Gasteiger charge is 2.16. The van der Waals surface area contributed by atoms with Crippen LogP contribution in [0, 0.1) is 0 Å². The fourth-order valence-corrected chi connectivity index (χ4v) is 1.19. The monoisotopic (exact) mass is 238 g/mol. The molecule has 0 saturated heterocycles. The first kappa shape index (κ1) is 13.4. The van der Waals surface area contributed by atoms with Crippen LogP contribution >= 0.6 is 0 Å². The fourth-order valence-electron chi connectivity index (χ4n) is 1.19. The second-order valence-electron chi connectivity index (χ2n) is 3.92. The normalized spacial score (nSPS) is 12.3. The smallest absolute Gasteiger partial charge is 0.347 e. The lowest BCUT2D eigenvalue weighted by atomic mass is 10.2. The van der Waals surface area contributed by atoms with E-state index < -0.39 is 12.1 Å². The number of hydrogen-bond acceptors (Lipinski definition) is 5. The Kier molecular flexibility index (Phi) is 4.87. The maximum atomic E-state index is 11.4. The molecule has 1 atom stereocenters. The Hall–Kier alpha value is -1.65. The van der Waals surface area contributed by atoms with E-state index in [4.69, 9.17) is 9.47 Å². The van der Waals surface area contributed by atoms with E-state index in [-0.39, 0.29) is 5.92 Å². The molecule has 1 aromatic rings. The minimum absolute atomic E-state index is 0.219. The van der Waals surface area contributed by atoms with Crippen molar-refractivity contribution in [3.05, 3.63) is 18.1 Å². The van der Waals surface area contributed by atoms with E-state index in [9.17, 15) is 4.79 Å². The van der Waals surface area contributed by atoms with Gasteiger partial charge in [-0.05, 0) is 13.8 Å². The van der Waals surface area contributed by atoms with Crippen molar-refractivity contribution in [3.63, 3.8) is 0 Å². The van der Waals surface area contributed by atoms with Gasteiger partial charge in [0.2, 0.25) is 5.88 Å². The molecule has 0 bridgehead atoms. The molecule has 0 amide bonds. The van der Waals surface area contributed by atoms with Crippen molar-refractivity contribution in [2.75, 3.05) is 6.61 Å². The van der Waals surface area contributed by atoms with Crippen LogP contribution in [0.1, 0.15) is 39.4 Å². The average molecular weight is 238 g/mol. The van der Waals surface area contributed by atoms with Crippen LogP contribution in [-0.2, 0) is 9.53 Å². The van der Waals surface area contributed by atoms with E-state index in [2.05, 4.69) is 9.97 Å². The Morgan fingerprint density at radius 3 is 2.71 bits per heavy atom. The van der Waals surface area contributed by atoms with Crippen molar-refractivity contribution in [1.82, 2.24) is 9.97 Å². The topological polar surface area (TPSA) is 61.3 Å². The Labute approximate surface area is 101 Å². The molecular weight excluding hydrogens is 220 g/mol. The molecule has 0 radical (unpaired) electrons. The maximum Gasteiger partial charge on any atom is 0.347 e. The quantitative estimate of drug-likeness (QED) is 0.733. The predicted molar refractivity (Wildman–Crippen MR) is 62.8 cm³/mol. The molecule has 94 valence electrons. The lowest BCUT2D eigenvalue weighted by molar-refractivity contribution is -0.150. The van der Waals surface area contributed by atoms with Crippen molar-refractivity contribution in [3.8, 4) is 5.88 Å². The van der Waals surface area contributed by atoms with E-state index in [0.29, 0.717) is 18.3 Å². The SMILES string of the molecule is CCOC(=O)C(C)Oc1ccnc(C(C)C)n1. The fraction of sp³-hybridized carbons (Fsp3) is 0.583. The summed E-state index contributed by atoms with van der Waals surface area (Å²) in [5.41, 5.74) is 0. The van der Waals surface area contributed by atoms with Gasteiger partial charge in [-0.2, -0.15) is 4.98 Å². The lowest BCUT2D eigenvalue weighted by Crippen LogP contribution is -2.26. The summed E-state index contributed by atoms with van der Waals surface area (Å²) in [6, 6.07) is 1.63. The van der Waals surface area contributed by atoms with Crippen LogP contribution in [-0.4, -0.2) is 28.6 Å². The van der Waals surface area contributed by atoms with E-state index in [1.807, 2.05) is 13.8 Å². The van der Waals surface area contributed by atoms with Gasteiger partial charge < -0.3 is 9.47 Å². The second-order valence-corrected chi connectivity index (χ2v) is 3.92. The lowest BCUT2D eigenvalue weighted by Gasteiger charge is -2.13. The van der Waals surface area contributed by atoms with Gasteiger partial charge in [0.15, 0.2) is 6.10 Å². The molecule has 5 heteroatoms. The number of carbonyl (C=O) groups excluding carboxylic acids is 1. The highest BCUT2D eigenvalue weighted by Crippen LogP contribution is 2.13. The highest BCUT2D eigenvalue weighted by atomic mass is 16.6. The molecular formula is C12H18N2O3. The van der Waals surface area contributed by atoms with Crippen molar-refractivity contribution in [2.24, 2.45) is 0 Å². The average Bonchev–Trinajstić information content (AvgIpc) is 2.29. The van der Waals surface area contributed by atoms with E-state index in [0.717, 1.165) is 0 Å². The number of nitrogens with zero attached hydrogens (tertiary/aromatic N) is 2. The van der Waals surface area contributed by atoms with Crippen LogP contribution in [0.4, 0.5) is 0 Å². The summed E-state index contributed by atoms with van der Waals surface area (Å²) in [4.78, 5) is 19.7. The molecule has 0 N–H and O–H groups in total. The molecule has 0 fully saturated rings. The largest absolute Gasteiger partial charge is 0.463 e. The first-order valence-corrected chi connectivity index (χ1v) is 5.70. The molecule has 17 heavy (non-hydrogen) atoms. The van der Waals surface area contributed by atoms with Gasteiger partial charge in [0.05, 0.1) is 6.61 Å². The minimum Gasteiger partial charge on any atom is -0.463 e. The molecule has 1 aromatic heterocycles. The van der Waals surface area contributed by atoms with Crippen LogP contribution in [0.15, 0.2) is 12.3 Å². The number of aromatic nitrogens is 2. The molecule has 0 saturated carbocycles. The van der Waals surface area contributed by atoms with Crippen molar-refractivity contribution in [2.45, 2.75) is 39.7 Å². The maximum absolute atomic E-state index is 11.4. The van der Waals surface area contributed by atoms with Crippen LogP contribution in [0.3, 0.4) is 0 Å². The molecule has 5 nitrogen and oxygen atoms in total. The van der Waals surface area contributed by atoms with Gasteiger partial charge in [-0.3, -0.25) is 0 Å². The molecule has 1 unspecified atom stereocenters. The Bertz CT molecular complexity index is 380. The Morgan fingerprint density at radius 1 is 1.41 bits per heavy atom. The van der Waals surface area contributed by atoms with Gasteiger partial charge in [0, 0.05) is 18.2 Å². The van der Waals surface area contributed by atoms with Crippen LogP contribution in [0.25, 0.3) is 0 Å². The standard InChI is InChI=1S/C12H18N2O3/c1-5-16-12(15)9(4)17-10-6-7-13-11(14-10)8(2)3/h6-9H,5H2,1-4H3. The minimum atomic E-state index is -0.662. The number of ether oxygens (including phenoxy) is 2. The van der Waals surface area contributed by atoms with Crippen LogP contribution < -0.4 is 4.74 Å². The first-order chi connectivity index (χ1) is 8.04. The van der Waals surface area contributed by atoms with Gasteiger partial charge in [-0.25, -0.2) is 9.78 Å². The predicted octanol–water partition coefficient (Wildman–Crippen LogP) is 1.93. The van der Waals surface area contributed by atoms with Crippen molar-refractivity contribution < 1.29 is 14.3 Å². The third-order valence-electron chi connectivity index (χ3n) is 2.08. The molecule has 0 aromatic carbocycles. The summed E-state index contributed by atoms with van der Waals surface area (Å²) in [6.07, 6.45) is 0.958. The summed E-state index contributed by atoms with van der Waals surface area (Å²) in [5.74, 6) is 0.913. The molecule has 1 rings (SSSR count). The summed E-state index contributed by atoms with van der Waals surface area (Å²) in [6.45, 7) is 7.72. The zero-order valence-corrected chi connectivity index (χ0v) is 10.6. The molecule has 0 aliphatic heterocycles. The zero-order chi connectivity index (χ0) is 12.8. The summed E-state index contributed by atoms with van der Waals surface area (Å²) in [5, 5.41) is 0. The summed E-state index contributed by atoms with van der Waals surface area (Å²) in [7, 11) is 0. The molecule has 0 aliphatic rings. The molecule has 1 heterocycles. The second kappa shape index (κ2) is 6.18. The summed E-state index contributed by atoms with van der Waals surface area (Å²) >= 11 is 0. The first-order valence-electron chi connectivity index (χ1n) is 5.70. The number of esters is 1. The van der Waals surface area contributed by atoms with Gasteiger partial charge in [-0.15, -0.1) is 0 Å². The Balaban J connectivity index is 2.68. The van der Waals surface area contributed by atoms with Gasteiger partial charge >= 0.3 is 5.97 Å². The van der Waals surface area contributed by atoms with Gasteiger partial charge in [0.1, 0.15) is 5.82 Å². The van der Waals surface area contributed by atoms with Crippen molar-refractivity contribution in [1.29, 1.82) is 0 Å². The summed E-state index contributed by atoms with van der Waals surface area (Å²) < 4.78 is 10.2. The van der Waals surface area contributed by atoms with Gasteiger partial charge in [-0.1, -0.05) is 13.8 Å². The highest BCUT2D eigenvalue weighted by molar-refractivity contribution is 5.74.